The average molecular weight is 333 g/mol. The van der Waals surface area contributed by atoms with Crippen LogP contribution in [-0.2, 0) is 10.0 Å². The van der Waals surface area contributed by atoms with Crippen molar-refractivity contribution in [3.05, 3.63) is 42.5 Å². The molecule has 23 heavy (non-hydrogen) atoms. The van der Waals surface area contributed by atoms with Crippen molar-refractivity contribution in [3.8, 4) is 11.1 Å². The lowest BCUT2D eigenvalue weighted by Gasteiger charge is -2.16. The number of benzene rings is 1. The molecule has 1 aromatic heterocycles. The van der Waals surface area contributed by atoms with Crippen LogP contribution in [0.3, 0.4) is 0 Å². The van der Waals surface area contributed by atoms with Gasteiger partial charge in [-0.05, 0) is 36.6 Å². The van der Waals surface area contributed by atoms with E-state index in [0.29, 0.717) is 24.2 Å². The van der Waals surface area contributed by atoms with E-state index in [1.54, 1.807) is 0 Å². The second kappa shape index (κ2) is 6.05. The Bertz CT molecular complexity index is 831. The molecule has 3 rings (SSSR count). The molecule has 1 N–H and O–H groups in total. The van der Waals surface area contributed by atoms with E-state index >= 15 is 0 Å². The van der Waals surface area contributed by atoms with Gasteiger partial charge >= 0.3 is 5.97 Å². The normalized spacial score (nSPS) is 15.7. The number of carboxylic acids is 1. The fraction of sp³-hybridized carbons (Fsp3) is 0.267. The van der Waals surface area contributed by atoms with Gasteiger partial charge in [0.1, 0.15) is 6.33 Å². The monoisotopic (exact) mass is 333 g/mol. The Morgan fingerprint density at radius 3 is 2.30 bits per heavy atom. The molecule has 0 atom stereocenters. The molecule has 0 bridgehead atoms. The molecule has 8 heteroatoms. The molecule has 7 nitrogen and oxygen atoms in total. The number of nitrogens with zero attached hydrogens (tertiary/aromatic N) is 3. The SMILES string of the molecule is O=C(O)c1cc(-c2cncnc2)cc(S(=O)(=O)N2CCCC2)c1. The van der Waals surface area contributed by atoms with E-state index in [1.165, 1.54) is 41.2 Å². The molecule has 0 saturated carbocycles. The van der Waals surface area contributed by atoms with Crippen LogP contribution in [0.4, 0.5) is 0 Å². The molecule has 1 fully saturated rings. The number of sulfonamides is 1. The molecule has 1 aliphatic heterocycles. The van der Waals surface area contributed by atoms with Crippen LogP contribution in [0.2, 0.25) is 0 Å². The van der Waals surface area contributed by atoms with Gasteiger partial charge < -0.3 is 5.11 Å². The van der Waals surface area contributed by atoms with E-state index in [0.717, 1.165) is 12.8 Å². The predicted molar refractivity (Wildman–Crippen MR) is 82.4 cm³/mol. The van der Waals surface area contributed by atoms with Gasteiger partial charge in [0.25, 0.3) is 0 Å². The van der Waals surface area contributed by atoms with Gasteiger partial charge in [-0.3, -0.25) is 0 Å². The van der Waals surface area contributed by atoms with E-state index in [1.807, 2.05) is 0 Å². The summed E-state index contributed by atoms with van der Waals surface area (Å²) < 4.78 is 26.8. The molecule has 0 unspecified atom stereocenters. The zero-order chi connectivity index (χ0) is 16.4. The highest BCUT2D eigenvalue weighted by Gasteiger charge is 2.28. The van der Waals surface area contributed by atoms with Crippen LogP contribution in [-0.4, -0.2) is 46.9 Å². The molecule has 0 radical (unpaired) electrons. The van der Waals surface area contributed by atoms with Crippen LogP contribution in [0.25, 0.3) is 11.1 Å². The molecule has 2 heterocycles. The first-order valence-electron chi connectivity index (χ1n) is 7.12. The van der Waals surface area contributed by atoms with Gasteiger partial charge in [0.05, 0.1) is 10.5 Å². The minimum atomic E-state index is -3.70. The van der Waals surface area contributed by atoms with Crippen LogP contribution in [0.15, 0.2) is 41.8 Å². The van der Waals surface area contributed by atoms with E-state index in [-0.39, 0.29) is 10.5 Å². The Balaban J connectivity index is 2.13. The quantitative estimate of drug-likeness (QED) is 0.912. The van der Waals surface area contributed by atoms with E-state index in [2.05, 4.69) is 9.97 Å². The van der Waals surface area contributed by atoms with Crippen molar-refractivity contribution in [2.24, 2.45) is 0 Å². The minimum absolute atomic E-state index is 0.0156. The number of hydrogen-bond acceptors (Lipinski definition) is 5. The van der Waals surface area contributed by atoms with Gasteiger partial charge in [-0.2, -0.15) is 4.31 Å². The Morgan fingerprint density at radius 2 is 1.70 bits per heavy atom. The summed E-state index contributed by atoms with van der Waals surface area (Å²) in [5, 5.41) is 9.27. The molecule has 2 aromatic rings. The number of carboxylic acid groups (broad SMARTS) is 1. The van der Waals surface area contributed by atoms with E-state index in [9.17, 15) is 18.3 Å². The van der Waals surface area contributed by atoms with Crippen LogP contribution in [0.1, 0.15) is 23.2 Å². The third-order valence-corrected chi connectivity index (χ3v) is 5.63. The second-order valence-corrected chi connectivity index (χ2v) is 7.23. The molecular formula is C15H15N3O4S. The first-order chi connectivity index (χ1) is 11.0. The van der Waals surface area contributed by atoms with Crippen molar-refractivity contribution in [1.29, 1.82) is 0 Å². The summed E-state index contributed by atoms with van der Waals surface area (Å²) in [6, 6.07) is 4.09. The zero-order valence-corrected chi connectivity index (χ0v) is 13.0. The summed E-state index contributed by atoms with van der Waals surface area (Å²) in [5.41, 5.74) is 0.945. The molecule has 0 amide bonds. The third-order valence-electron chi connectivity index (χ3n) is 3.75. The molecular weight excluding hydrogens is 318 g/mol. The lowest BCUT2D eigenvalue weighted by molar-refractivity contribution is 0.0696. The molecule has 1 saturated heterocycles. The molecule has 0 spiro atoms. The van der Waals surface area contributed by atoms with Gasteiger partial charge in [-0.1, -0.05) is 0 Å². The summed E-state index contributed by atoms with van der Waals surface area (Å²) in [4.78, 5) is 19.1. The zero-order valence-electron chi connectivity index (χ0n) is 12.2. The van der Waals surface area contributed by atoms with Crippen molar-refractivity contribution in [1.82, 2.24) is 14.3 Å². The minimum Gasteiger partial charge on any atom is -0.478 e. The van der Waals surface area contributed by atoms with Crippen molar-refractivity contribution in [2.45, 2.75) is 17.7 Å². The highest BCUT2D eigenvalue weighted by Crippen LogP contribution is 2.27. The number of carbonyl (C=O) groups is 1. The number of hydrogen-bond donors (Lipinski definition) is 1. The van der Waals surface area contributed by atoms with Crippen molar-refractivity contribution < 1.29 is 18.3 Å². The topological polar surface area (TPSA) is 100 Å². The molecule has 0 aliphatic carbocycles. The maximum Gasteiger partial charge on any atom is 0.335 e. The first-order valence-corrected chi connectivity index (χ1v) is 8.56. The van der Waals surface area contributed by atoms with E-state index < -0.39 is 16.0 Å². The molecule has 1 aromatic carbocycles. The fourth-order valence-electron chi connectivity index (χ4n) is 2.56. The van der Waals surface area contributed by atoms with Crippen LogP contribution in [0, 0.1) is 0 Å². The summed E-state index contributed by atoms with van der Waals surface area (Å²) >= 11 is 0. The summed E-state index contributed by atoms with van der Waals surface area (Å²) in [5.74, 6) is -1.18. The second-order valence-electron chi connectivity index (χ2n) is 5.29. The van der Waals surface area contributed by atoms with Gasteiger partial charge in [0.15, 0.2) is 0 Å². The first kappa shape index (κ1) is 15.6. The summed E-state index contributed by atoms with van der Waals surface area (Å²) in [6.07, 6.45) is 6.02. The lowest BCUT2D eigenvalue weighted by atomic mass is 10.1. The van der Waals surface area contributed by atoms with Gasteiger partial charge in [0, 0.05) is 31.0 Å². The Labute approximate surface area is 133 Å². The van der Waals surface area contributed by atoms with Gasteiger partial charge in [0.2, 0.25) is 10.0 Å². The maximum absolute atomic E-state index is 12.7. The van der Waals surface area contributed by atoms with Gasteiger partial charge in [-0.15, -0.1) is 0 Å². The maximum atomic E-state index is 12.7. The van der Waals surface area contributed by atoms with Crippen molar-refractivity contribution in [3.63, 3.8) is 0 Å². The van der Waals surface area contributed by atoms with Crippen molar-refractivity contribution >= 4 is 16.0 Å². The summed E-state index contributed by atoms with van der Waals surface area (Å²) in [6.45, 7) is 0.923. The Hall–Kier alpha value is -2.32. The molecule has 120 valence electrons. The third kappa shape index (κ3) is 3.08. The average Bonchev–Trinajstić information content (AvgIpc) is 3.10. The Morgan fingerprint density at radius 1 is 1.04 bits per heavy atom. The highest BCUT2D eigenvalue weighted by atomic mass is 32.2. The number of aromatic nitrogens is 2. The Kier molecular flexibility index (Phi) is 4.10. The predicted octanol–water partition coefficient (Wildman–Crippen LogP) is 1.63. The fourth-order valence-corrected chi connectivity index (χ4v) is 4.15. The standard InChI is InChI=1S/C15H15N3O4S/c19-15(20)12-5-11(13-8-16-10-17-9-13)6-14(7-12)23(21,22)18-3-1-2-4-18/h5-10H,1-4H2,(H,19,20). The van der Waals surface area contributed by atoms with Gasteiger partial charge in [-0.25, -0.2) is 23.2 Å². The highest BCUT2D eigenvalue weighted by molar-refractivity contribution is 7.89. The number of rotatable bonds is 4. The smallest absolute Gasteiger partial charge is 0.335 e. The van der Waals surface area contributed by atoms with Crippen LogP contribution >= 0.6 is 0 Å². The van der Waals surface area contributed by atoms with Crippen molar-refractivity contribution in [2.75, 3.05) is 13.1 Å². The van der Waals surface area contributed by atoms with Crippen LogP contribution in [0.5, 0.6) is 0 Å². The summed E-state index contributed by atoms with van der Waals surface area (Å²) in [7, 11) is -3.70. The number of aromatic carboxylic acids is 1. The van der Waals surface area contributed by atoms with Crippen LogP contribution < -0.4 is 0 Å². The lowest BCUT2D eigenvalue weighted by Crippen LogP contribution is -2.28. The van der Waals surface area contributed by atoms with E-state index in [4.69, 9.17) is 0 Å². The molecule has 1 aliphatic rings. The largest absolute Gasteiger partial charge is 0.478 e.